The van der Waals surface area contributed by atoms with Gasteiger partial charge in [-0.1, -0.05) is 61.9 Å². The minimum Gasteiger partial charge on any atom is -0.403 e. The molecule has 0 aliphatic heterocycles. The van der Waals surface area contributed by atoms with Gasteiger partial charge in [-0.3, -0.25) is 5.01 Å². The molecule has 0 fully saturated rings. The van der Waals surface area contributed by atoms with Gasteiger partial charge in [-0.15, -0.1) is 0 Å². The molecule has 7 nitrogen and oxygen atoms in total. The first-order chi connectivity index (χ1) is 19.0. The van der Waals surface area contributed by atoms with Crippen LogP contribution in [0.2, 0.25) is 0 Å². The van der Waals surface area contributed by atoms with Crippen molar-refractivity contribution >= 4 is 15.5 Å². The van der Waals surface area contributed by atoms with Gasteiger partial charge < -0.3 is 10.3 Å². The lowest BCUT2D eigenvalue weighted by atomic mass is 9.96. The summed E-state index contributed by atoms with van der Waals surface area (Å²) in [4.78, 5) is 4.23. The van der Waals surface area contributed by atoms with Crippen molar-refractivity contribution in [1.82, 2.24) is 9.55 Å². The number of halogens is 2. The van der Waals surface area contributed by atoms with Crippen LogP contribution in [-0.2, 0) is 9.84 Å². The largest absolute Gasteiger partial charge is 0.403 e. The van der Waals surface area contributed by atoms with Gasteiger partial charge in [0, 0.05) is 18.3 Å². The summed E-state index contributed by atoms with van der Waals surface area (Å²) >= 11 is 0. The van der Waals surface area contributed by atoms with Crippen LogP contribution in [0.5, 0.6) is 0 Å². The van der Waals surface area contributed by atoms with Gasteiger partial charge in [0.1, 0.15) is 11.5 Å². The number of nitrogens with zero attached hydrogens (tertiary/aromatic N) is 3. The SMILES string of the molecule is CCS(=O)(=O)c1cccc(-c2ccc(-n3cc(C(F)F)nc3C)c(N(N)/C(=C\N)C(C)c3ccc(C)cc3)c2)c1. The molecule has 4 N–H and O–H groups in total. The molecule has 1 unspecified atom stereocenters. The van der Waals surface area contributed by atoms with Crippen LogP contribution in [-0.4, -0.2) is 23.7 Å². The number of rotatable bonds is 9. The Labute approximate surface area is 233 Å². The molecular formula is C30H33F2N5O2S. The topological polar surface area (TPSA) is 107 Å². The maximum Gasteiger partial charge on any atom is 0.281 e. The van der Waals surface area contributed by atoms with Gasteiger partial charge >= 0.3 is 0 Å². The van der Waals surface area contributed by atoms with Crippen molar-refractivity contribution in [3.63, 3.8) is 0 Å². The molecule has 0 amide bonds. The van der Waals surface area contributed by atoms with Gasteiger partial charge in [0.05, 0.1) is 27.7 Å². The summed E-state index contributed by atoms with van der Waals surface area (Å²) in [6, 6.07) is 20.0. The summed E-state index contributed by atoms with van der Waals surface area (Å²) in [5.74, 6) is 6.88. The van der Waals surface area contributed by atoms with E-state index in [4.69, 9.17) is 11.6 Å². The molecule has 0 saturated carbocycles. The maximum atomic E-state index is 13.5. The van der Waals surface area contributed by atoms with Crippen LogP contribution < -0.4 is 16.6 Å². The number of sulfone groups is 1. The molecule has 0 saturated heterocycles. The molecule has 0 spiro atoms. The summed E-state index contributed by atoms with van der Waals surface area (Å²) in [5.41, 5.74) is 10.8. The first-order valence-electron chi connectivity index (χ1n) is 12.8. The Morgan fingerprint density at radius 2 is 1.73 bits per heavy atom. The van der Waals surface area contributed by atoms with Gasteiger partial charge in [-0.2, -0.15) is 0 Å². The van der Waals surface area contributed by atoms with E-state index in [1.807, 2.05) is 38.1 Å². The summed E-state index contributed by atoms with van der Waals surface area (Å²) in [6.07, 6.45) is -0.0162. The molecule has 3 aromatic carbocycles. The average molecular weight is 566 g/mol. The van der Waals surface area contributed by atoms with E-state index in [0.29, 0.717) is 34.0 Å². The third-order valence-corrected chi connectivity index (χ3v) is 8.73. The molecule has 0 bridgehead atoms. The number of hydrogen-bond donors (Lipinski definition) is 2. The molecule has 1 aromatic heterocycles. The lowest BCUT2D eigenvalue weighted by Crippen LogP contribution is -2.34. The van der Waals surface area contributed by atoms with Crippen LogP contribution >= 0.6 is 0 Å². The van der Waals surface area contributed by atoms with E-state index >= 15 is 0 Å². The zero-order valence-electron chi connectivity index (χ0n) is 22.8. The van der Waals surface area contributed by atoms with E-state index in [-0.39, 0.29) is 22.3 Å². The minimum atomic E-state index is -3.42. The Balaban J connectivity index is 1.88. The number of hydrogen-bond acceptors (Lipinski definition) is 6. The van der Waals surface area contributed by atoms with E-state index in [0.717, 1.165) is 11.1 Å². The molecule has 0 aliphatic carbocycles. The molecule has 210 valence electrons. The van der Waals surface area contributed by atoms with E-state index in [2.05, 4.69) is 4.98 Å². The Morgan fingerprint density at radius 1 is 1.05 bits per heavy atom. The van der Waals surface area contributed by atoms with Crippen molar-refractivity contribution in [2.45, 2.75) is 44.9 Å². The molecule has 1 heterocycles. The van der Waals surface area contributed by atoms with E-state index in [9.17, 15) is 17.2 Å². The standard InChI is InChI=1S/C30H33F2N5O2S/c1-5-40(38,39)25-8-6-7-23(15-25)24-13-14-27(36-18-26(30(31)32)35-21(36)4)28(16-24)37(34)29(17-33)20(3)22-11-9-19(2)10-12-22/h6-18,20,30H,5,33-34H2,1-4H3/b29-17-. The van der Waals surface area contributed by atoms with Crippen LogP contribution in [0, 0.1) is 13.8 Å². The molecular weight excluding hydrogens is 532 g/mol. The molecule has 1 atom stereocenters. The second kappa shape index (κ2) is 11.6. The third kappa shape index (κ3) is 5.78. The van der Waals surface area contributed by atoms with E-state index in [1.54, 1.807) is 60.9 Å². The van der Waals surface area contributed by atoms with Gasteiger partial charge in [0.15, 0.2) is 9.84 Å². The summed E-state index contributed by atoms with van der Waals surface area (Å²) in [7, 11) is -3.42. The summed E-state index contributed by atoms with van der Waals surface area (Å²) < 4.78 is 53.6. The van der Waals surface area contributed by atoms with Gasteiger partial charge in [-0.25, -0.2) is 28.0 Å². The molecule has 4 rings (SSSR count). The Kier molecular flexibility index (Phi) is 8.41. The second-order valence-corrected chi connectivity index (χ2v) is 11.9. The van der Waals surface area contributed by atoms with Crippen LogP contribution in [0.25, 0.3) is 16.8 Å². The van der Waals surface area contributed by atoms with Crippen molar-refractivity contribution in [1.29, 1.82) is 0 Å². The van der Waals surface area contributed by atoms with Crippen molar-refractivity contribution in [2.24, 2.45) is 11.6 Å². The number of hydrazine groups is 1. The summed E-state index contributed by atoms with van der Waals surface area (Å²) in [6.45, 7) is 7.21. The Bertz CT molecular complexity index is 1650. The fourth-order valence-electron chi connectivity index (χ4n) is 4.58. The highest BCUT2D eigenvalue weighted by molar-refractivity contribution is 7.91. The fourth-order valence-corrected chi connectivity index (χ4v) is 5.50. The number of aryl methyl sites for hydroxylation is 2. The fraction of sp³-hybridized carbons (Fsp3) is 0.233. The van der Waals surface area contributed by atoms with Gasteiger partial charge in [0.2, 0.25) is 0 Å². The number of alkyl halides is 2. The first-order valence-corrected chi connectivity index (χ1v) is 14.5. The van der Waals surface area contributed by atoms with Crippen molar-refractivity contribution < 1.29 is 17.2 Å². The lowest BCUT2D eigenvalue weighted by Gasteiger charge is -2.29. The van der Waals surface area contributed by atoms with Gasteiger partial charge in [-0.05, 0) is 54.8 Å². The van der Waals surface area contributed by atoms with Crippen LogP contribution in [0.15, 0.2) is 89.7 Å². The van der Waals surface area contributed by atoms with Crippen LogP contribution in [0.1, 0.15) is 48.8 Å². The zero-order valence-corrected chi connectivity index (χ0v) is 23.7. The lowest BCUT2D eigenvalue weighted by molar-refractivity contribution is 0.146. The highest BCUT2D eigenvalue weighted by Crippen LogP contribution is 2.36. The number of anilines is 1. The number of aromatic nitrogens is 2. The average Bonchev–Trinajstić information content (AvgIpc) is 3.35. The molecule has 4 aromatic rings. The third-order valence-electron chi connectivity index (χ3n) is 7.00. The summed E-state index contributed by atoms with van der Waals surface area (Å²) in [5, 5.41) is 1.44. The van der Waals surface area contributed by atoms with E-state index < -0.39 is 16.3 Å². The second-order valence-electron chi connectivity index (χ2n) is 9.61. The quantitative estimate of drug-likeness (QED) is 0.186. The maximum absolute atomic E-state index is 13.5. The van der Waals surface area contributed by atoms with Crippen molar-refractivity contribution in [2.75, 3.05) is 10.8 Å². The normalized spacial score (nSPS) is 13.1. The molecule has 0 aliphatic rings. The zero-order chi connectivity index (χ0) is 29.2. The Hall–Kier alpha value is -4.02. The highest BCUT2D eigenvalue weighted by Gasteiger charge is 2.23. The monoisotopic (exact) mass is 565 g/mol. The van der Waals surface area contributed by atoms with Gasteiger partial charge in [0.25, 0.3) is 6.43 Å². The smallest absolute Gasteiger partial charge is 0.281 e. The number of allylic oxidation sites excluding steroid dienone is 1. The van der Waals surface area contributed by atoms with Crippen LogP contribution in [0.4, 0.5) is 14.5 Å². The van der Waals surface area contributed by atoms with Crippen LogP contribution in [0.3, 0.4) is 0 Å². The first kappa shape index (κ1) is 29.0. The Morgan fingerprint density at radius 3 is 2.33 bits per heavy atom. The number of imidazole rings is 1. The highest BCUT2D eigenvalue weighted by atomic mass is 32.2. The van der Waals surface area contributed by atoms with E-state index in [1.165, 1.54) is 17.4 Å². The van der Waals surface area contributed by atoms with Crippen molar-refractivity contribution in [3.05, 3.63) is 107 Å². The predicted octanol–water partition coefficient (Wildman–Crippen LogP) is 6.17. The van der Waals surface area contributed by atoms with Crippen molar-refractivity contribution in [3.8, 4) is 16.8 Å². The number of benzene rings is 3. The predicted molar refractivity (Wildman–Crippen MR) is 155 cm³/mol. The molecule has 40 heavy (non-hydrogen) atoms. The minimum absolute atomic E-state index is 0.0227. The number of nitrogens with two attached hydrogens (primary N) is 2. The molecule has 0 radical (unpaired) electrons. The molecule has 10 heteroatoms.